The summed E-state index contributed by atoms with van der Waals surface area (Å²) in [5, 5.41) is 14.9. The first-order valence-electron chi connectivity index (χ1n) is 5.86. The summed E-state index contributed by atoms with van der Waals surface area (Å²) in [4.78, 5) is 11.8. The normalized spacial score (nSPS) is 17.6. The van der Waals surface area contributed by atoms with Gasteiger partial charge in [0.05, 0.1) is 23.0 Å². The highest BCUT2D eigenvalue weighted by Crippen LogP contribution is 2.28. The molecule has 2 rings (SSSR count). The number of hydrogen-bond acceptors (Lipinski definition) is 3. The van der Waals surface area contributed by atoms with Crippen molar-refractivity contribution in [1.29, 1.82) is 5.26 Å². The largest absolute Gasteiger partial charge is 0.372 e. The summed E-state index contributed by atoms with van der Waals surface area (Å²) in [6.07, 6.45) is 2.90. The first-order valence-corrected chi connectivity index (χ1v) is 5.86. The summed E-state index contributed by atoms with van der Waals surface area (Å²) in [5.41, 5.74) is 2.19. The number of carbonyl (C=O) groups excluding carboxylic acids is 1. The van der Waals surface area contributed by atoms with Crippen molar-refractivity contribution in [3.63, 3.8) is 0 Å². The Labute approximate surface area is 101 Å². The van der Waals surface area contributed by atoms with E-state index in [-0.39, 0.29) is 11.9 Å². The molecule has 0 spiro atoms. The van der Waals surface area contributed by atoms with Crippen LogP contribution in [0.5, 0.6) is 0 Å². The van der Waals surface area contributed by atoms with Gasteiger partial charge < -0.3 is 10.6 Å². The molecule has 88 valence electrons. The van der Waals surface area contributed by atoms with E-state index in [1.807, 2.05) is 0 Å². The Balaban J connectivity index is 2.20. The second-order valence-corrected chi connectivity index (χ2v) is 4.20. The van der Waals surface area contributed by atoms with E-state index in [0.717, 1.165) is 30.6 Å². The summed E-state index contributed by atoms with van der Waals surface area (Å²) in [7, 11) is 0. The number of amides is 1. The molecule has 1 aromatic carbocycles. The predicted octanol–water partition coefficient (Wildman–Crippen LogP) is 2.48. The Morgan fingerprint density at radius 3 is 2.94 bits per heavy atom. The van der Waals surface area contributed by atoms with Crippen molar-refractivity contribution < 1.29 is 4.79 Å². The number of hydrogen-bond donors (Lipinski definition) is 2. The van der Waals surface area contributed by atoms with Gasteiger partial charge in [-0.15, -0.1) is 0 Å². The van der Waals surface area contributed by atoms with Crippen molar-refractivity contribution >= 4 is 17.3 Å². The molecular formula is C13H15N3O. The van der Waals surface area contributed by atoms with Crippen molar-refractivity contribution in [3.8, 4) is 6.07 Å². The van der Waals surface area contributed by atoms with Gasteiger partial charge in [0.2, 0.25) is 5.91 Å². The fraction of sp³-hybridized carbons (Fsp3) is 0.385. The van der Waals surface area contributed by atoms with Crippen LogP contribution in [-0.4, -0.2) is 11.9 Å². The van der Waals surface area contributed by atoms with Gasteiger partial charge >= 0.3 is 0 Å². The van der Waals surface area contributed by atoms with E-state index in [4.69, 9.17) is 5.26 Å². The van der Waals surface area contributed by atoms with Gasteiger partial charge in [0.15, 0.2) is 0 Å². The summed E-state index contributed by atoms with van der Waals surface area (Å²) in [6.45, 7) is 2.10. The third kappa shape index (κ3) is 2.39. The number of nitrogens with zero attached hydrogens (tertiary/aromatic N) is 1. The number of unbranched alkanes of at least 4 members (excludes halogenated alkanes) is 1. The van der Waals surface area contributed by atoms with E-state index in [2.05, 4.69) is 23.6 Å². The molecule has 1 aliphatic heterocycles. The molecule has 2 N–H and O–H groups in total. The van der Waals surface area contributed by atoms with Crippen molar-refractivity contribution in [2.75, 3.05) is 10.6 Å². The van der Waals surface area contributed by atoms with E-state index in [9.17, 15) is 4.79 Å². The van der Waals surface area contributed by atoms with Crippen LogP contribution in [0.1, 0.15) is 31.7 Å². The van der Waals surface area contributed by atoms with E-state index in [1.54, 1.807) is 18.2 Å². The fourth-order valence-corrected chi connectivity index (χ4v) is 1.93. The van der Waals surface area contributed by atoms with Gasteiger partial charge in [0.25, 0.3) is 0 Å². The molecule has 1 amide bonds. The zero-order valence-electron chi connectivity index (χ0n) is 9.79. The quantitative estimate of drug-likeness (QED) is 0.836. The molecular weight excluding hydrogens is 214 g/mol. The van der Waals surface area contributed by atoms with E-state index < -0.39 is 0 Å². The third-order valence-corrected chi connectivity index (χ3v) is 2.90. The van der Waals surface area contributed by atoms with Gasteiger partial charge in [-0.1, -0.05) is 19.8 Å². The van der Waals surface area contributed by atoms with Crippen molar-refractivity contribution in [2.24, 2.45) is 0 Å². The number of anilines is 2. The predicted molar refractivity (Wildman–Crippen MR) is 66.7 cm³/mol. The Hall–Kier alpha value is -2.02. The van der Waals surface area contributed by atoms with Gasteiger partial charge in [0.1, 0.15) is 6.04 Å². The van der Waals surface area contributed by atoms with Gasteiger partial charge in [-0.05, 0) is 24.6 Å². The lowest BCUT2D eigenvalue weighted by molar-refractivity contribution is -0.117. The number of carbonyl (C=O) groups is 1. The maximum absolute atomic E-state index is 11.8. The lowest BCUT2D eigenvalue weighted by Crippen LogP contribution is -2.38. The average Bonchev–Trinajstić information content (AvgIpc) is 2.35. The standard InChI is InChI=1S/C13H15N3O/c1-2-3-4-11-13(17)16-10-6-5-9(8-14)7-12(10)15-11/h5-7,11,15H,2-4H2,1H3,(H,16,17). The Morgan fingerprint density at radius 1 is 1.41 bits per heavy atom. The molecule has 0 bridgehead atoms. The number of benzene rings is 1. The lowest BCUT2D eigenvalue weighted by Gasteiger charge is -2.26. The molecule has 0 radical (unpaired) electrons. The van der Waals surface area contributed by atoms with Crippen molar-refractivity contribution in [3.05, 3.63) is 23.8 Å². The van der Waals surface area contributed by atoms with E-state index >= 15 is 0 Å². The molecule has 1 aliphatic rings. The average molecular weight is 229 g/mol. The third-order valence-electron chi connectivity index (χ3n) is 2.90. The first kappa shape index (κ1) is 11.5. The maximum atomic E-state index is 11.8. The molecule has 1 unspecified atom stereocenters. The zero-order chi connectivity index (χ0) is 12.3. The van der Waals surface area contributed by atoms with Crippen LogP contribution >= 0.6 is 0 Å². The summed E-state index contributed by atoms with van der Waals surface area (Å²) < 4.78 is 0. The second-order valence-electron chi connectivity index (χ2n) is 4.20. The number of nitrogens with one attached hydrogen (secondary N) is 2. The summed E-state index contributed by atoms with van der Waals surface area (Å²) in [5.74, 6) is 0.00987. The first-order chi connectivity index (χ1) is 8.24. The van der Waals surface area contributed by atoms with Crippen LogP contribution in [0.15, 0.2) is 18.2 Å². The van der Waals surface area contributed by atoms with Crippen molar-refractivity contribution in [1.82, 2.24) is 0 Å². The smallest absolute Gasteiger partial charge is 0.246 e. The SMILES string of the molecule is CCCCC1Nc2cc(C#N)ccc2NC1=O. The fourth-order valence-electron chi connectivity index (χ4n) is 1.93. The molecule has 0 aliphatic carbocycles. The molecule has 0 aromatic heterocycles. The maximum Gasteiger partial charge on any atom is 0.246 e. The topological polar surface area (TPSA) is 64.9 Å². The molecule has 1 aromatic rings. The summed E-state index contributed by atoms with van der Waals surface area (Å²) >= 11 is 0. The number of nitriles is 1. The molecule has 0 fully saturated rings. The van der Waals surface area contributed by atoms with Gasteiger partial charge in [-0.25, -0.2) is 0 Å². The Morgan fingerprint density at radius 2 is 2.24 bits per heavy atom. The minimum atomic E-state index is -0.184. The van der Waals surface area contributed by atoms with Gasteiger partial charge in [0, 0.05) is 0 Å². The van der Waals surface area contributed by atoms with E-state index in [1.165, 1.54) is 0 Å². The molecule has 1 atom stereocenters. The van der Waals surface area contributed by atoms with E-state index in [0.29, 0.717) is 5.56 Å². The van der Waals surface area contributed by atoms with Crippen LogP contribution in [0.2, 0.25) is 0 Å². The van der Waals surface area contributed by atoms with Crippen molar-refractivity contribution in [2.45, 2.75) is 32.2 Å². The molecule has 1 heterocycles. The highest BCUT2D eigenvalue weighted by Gasteiger charge is 2.24. The van der Waals surface area contributed by atoms with Gasteiger partial charge in [-0.2, -0.15) is 5.26 Å². The Bertz CT molecular complexity index is 476. The number of fused-ring (bicyclic) bond motifs is 1. The summed E-state index contributed by atoms with van der Waals surface area (Å²) in [6, 6.07) is 7.14. The molecule has 17 heavy (non-hydrogen) atoms. The van der Waals surface area contributed by atoms with Crippen LogP contribution in [-0.2, 0) is 4.79 Å². The molecule has 4 heteroatoms. The monoisotopic (exact) mass is 229 g/mol. The highest BCUT2D eigenvalue weighted by molar-refractivity contribution is 6.03. The molecule has 0 saturated carbocycles. The Kier molecular flexibility index (Phi) is 3.29. The minimum Gasteiger partial charge on any atom is -0.372 e. The second kappa shape index (κ2) is 4.88. The zero-order valence-corrected chi connectivity index (χ0v) is 9.79. The van der Waals surface area contributed by atoms with Gasteiger partial charge in [-0.3, -0.25) is 4.79 Å². The minimum absolute atomic E-state index is 0.00987. The highest BCUT2D eigenvalue weighted by atomic mass is 16.2. The molecule has 4 nitrogen and oxygen atoms in total. The van der Waals surface area contributed by atoms with Crippen LogP contribution in [0.25, 0.3) is 0 Å². The van der Waals surface area contributed by atoms with Crippen LogP contribution in [0.4, 0.5) is 11.4 Å². The van der Waals surface area contributed by atoms with Crippen LogP contribution in [0, 0.1) is 11.3 Å². The van der Waals surface area contributed by atoms with Crippen LogP contribution < -0.4 is 10.6 Å². The lowest BCUT2D eigenvalue weighted by atomic mass is 10.0. The molecule has 0 saturated heterocycles. The van der Waals surface area contributed by atoms with Crippen LogP contribution in [0.3, 0.4) is 0 Å². The number of rotatable bonds is 3.